The molecule has 1 amide bonds. The Bertz CT molecular complexity index is 993. The van der Waals surface area contributed by atoms with Gasteiger partial charge in [-0.1, -0.05) is 55.5 Å². The van der Waals surface area contributed by atoms with E-state index in [4.69, 9.17) is 21.7 Å². The molecule has 2 N–H and O–H groups in total. The van der Waals surface area contributed by atoms with Crippen molar-refractivity contribution in [3.63, 3.8) is 0 Å². The average molecular weight is 421 g/mol. The first kappa shape index (κ1) is 21.3. The van der Waals surface area contributed by atoms with Gasteiger partial charge >= 0.3 is 0 Å². The highest BCUT2D eigenvalue weighted by molar-refractivity contribution is 7.80. The summed E-state index contributed by atoms with van der Waals surface area (Å²) in [5.74, 6) is 0.919. The Balaban J connectivity index is 1.58. The zero-order chi connectivity index (χ0) is 21.2. The molecule has 0 radical (unpaired) electrons. The molecule has 0 fully saturated rings. The third-order valence-corrected chi connectivity index (χ3v) is 4.36. The van der Waals surface area contributed by atoms with Crippen LogP contribution in [0.15, 0.2) is 78.9 Å². The highest BCUT2D eigenvalue weighted by Gasteiger charge is 2.13. The highest BCUT2D eigenvalue weighted by atomic mass is 32.1. The van der Waals surface area contributed by atoms with Crippen LogP contribution in [-0.4, -0.2) is 17.6 Å². The van der Waals surface area contributed by atoms with E-state index in [9.17, 15) is 4.79 Å². The minimum absolute atomic E-state index is 0.200. The van der Waals surface area contributed by atoms with E-state index in [2.05, 4.69) is 10.6 Å². The Morgan fingerprint density at radius 2 is 1.70 bits per heavy atom. The number of amides is 1. The number of para-hydroxylation sites is 1. The largest absolute Gasteiger partial charge is 0.493 e. The number of ether oxygens (including phenoxy) is 2. The van der Waals surface area contributed by atoms with Crippen LogP contribution in [0.4, 0.5) is 5.69 Å². The summed E-state index contributed by atoms with van der Waals surface area (Å²) in [5, 5.41) is 5.92. The molecule has 154 valence electrons. The molecule has 3 aromatic rings. The van der Waals surface area contributed by atoms with E-state index in [1.807, 2.05) is 67.6 Å². The van der Waals surface area contributed by atoms with Crippen molar-refractivity contribution in [2.45, 2.75) is 20.0 Å². The zero-order valence-electron chi connectivity index (χ0n) is 16.8. The molecule has 0 aromatic heterocycles. The van der Waals surface area contributed by atoms with Gasteiger partial charge in [0.1, 0.15) is 18.1 Å². The number of rotatable bonds is 8. The maximum absolute atomic E-state index is 12.6. The minimum Gasteiger partial charge on any atom is -0.493 e. The SMILES string of the molecule is CCCOc1ccccc1C(=O)NC(=S)Nc1cccc(OCc2ccccc2)c1. The summed E-state index contributed by atoms with van der Waals surface area (Å²) in [5.41, 5.74) is 2.25. The van der Waals surface area contributed by atoms with Crippen LogP contribution >= 0.6 is 12.2 Å². The molecule has 5 nitrogen and oxygen atoms in total. The van der Waals surface area contributed by atoms with Crippen LogP contribution < -0.4 is 20.1 Å². The van der Waals surface area contributed by atoms with Crippen LogP contribution in [0.1, 0.15) is 29.3 Å². The highest BCUT2D eigenvalue weighted by Crippen LogP contribution is 2.20. The molecule has 0 aliphatic carbocycles. The summed E-state index contributed by atoms with van der Waals surface area (Å²) in [7, 11) is 0. The van der Waals surface area contributed by atoms with Gasteiger partial charge in [0.2, 0.25) is 0 Å². The lowest BCUT2D eigenvalue weighted by Gasteiger charge is -2.13. The van der Waals surface area contributed by atoms with E-state index < -0.39 is 0 Å². The summed E-state index contributed by atoms with van der Waals surface area (Å²) >= 11 is 5.30. The molecule has 6 heteroatoms. The standard InChI is InChI=1S/C24H24N2O3S/c1-2-15-28-22-14-7-6-13-21(22)23(27)26-24(30)25-19-11-8-12-20(16-19)29-17-18-9-4-3-5-10-18/h3-14,16H,2,15,17H2,1H3,(H2,25,26,27,30). The number of benzene rings is 3. The van der Waals surface area contributed by atoms with E-state index in [-0.39, 0.29) is 11.0 Å². The number of thiocarbonyl (C=S) groups is 1. The van der Waals surface area contributed by atoms with Gasteiger partial charge in [-0.15, -0.1) is 0 Å². The maximum atomic E-state index is 12.6. The van der Waals surface area contributed by atoms with Crippen LogP contribution in [0.3, 0.4) is 0 Å². The van der Waals surface area contributed by atoms with Crippen LogP contribution in [0.5, 0.6) is 11.5 Å². The molecular weight excluding hydrogens is 396 g/mol. The van der Waals surface area contributed by atoms with Crippen molar-refractivity contribution < 1.29 is 14.3 Å². The Labute approximate surface area is 182 Å². The Hall–Kier alpha value is -3.38. The van der Waals surface area contributed by atoms with Gasteiger partial charge in [-0.05, 0) is 48.5 Å². The van der Waals surface area contributed by atoms with Crippen molar-refractivity contribution in [2.24, 2.45) is 0 Å². The lowest BCUT2D eigenvalue weighted by molar-refractivity contribution is 0.0973. The molecule has 0 unspecified atom stereocenters. The van der Waals surface area contributed by atoms with E-state index in [1.165, 1.54) is 0 Å². The molecule has 0 atom stereocenters. The van der Waals surface area contributed by atoms with Gasteiger partial charge in [-0.3, -0.25) is 10.1 Å². The summed E-state index contributed by atoms with van der Waals surface area (Å²) in [6, 6.07) is 24.5. The molecule has 0 saturated carbocycles. The van der Waals surface area contributed by atoms with Gasteiger partial charge in [0.15, 0.2) is 5.11 Å². The van der Waals surface area contributed by atoms with Crippen LogP contribution in [0.25, 0.3) is 0 Å². The van der Waals surface area contributed by atoms with Crippen molar-refractivity contribution in [2.75, 3.05) is 11.9 Å². The summed E-state index contributed by atoms with van der Waals surface area (Å²) in [6.07, 6.45) is 0.860. The average Bonchev–Trinajstić information content (AvgIpc) is 2.77. The molecule has 3 rings (SSSR count). The summed E-state index contributed by atoms with van der Waals surface area (Å²) in [4.78, 5) is 12.6. The lowest BCUT2D eigenvalue weighted by Crippen LogP contribution is -2.34. The van der Waals surface area contributed by atoms with Gasteiger partial charge in [0, 0.05) is 11.8 Å². The number of hydrogen-bond acceptors (Lipinski definition) is 4. The van der Waals surface area contributed by atoms with Crippen molar-refractivity contribution in [3.05, 3.63) is 90.0 Å². The molecule has 30 heavy (non-hydrogen) atoms. The van der Waals surface area contributed by atoms with E-state index >= 15 is 0 Å². The van der Waals surface area contributed by atoms with Crippen molar-refractivity contribution >= 4 is 28.9 Å². The van der Waals surface area contributed by atoms with Gasteiger partial charge in [0.25, 0.3) is 5.91 Å². The minimum atomic E-state index is -0.323. The smallest absolute Gasteiger partial charge is 0.261 e. The molecule has 0 saturated heterocycles. The number of hydrogen-bond donors (Lipinski definition) is 2. The fourth-order valence-electron chi connectivity index (χ4n) is 2.73. The van der Waals surface area contributed by atoms with Crippen molar-refractivity contribution in [3.8, 4) is 11.5 Å². The summed E-state index contributed by atoms with van der Waals surface area (Å²) < 4.78 is 11.5. The van der Waals surface area contributed by atoms with Gasteiger partial charge in [-0.25, -0.2) is 0 Å². The van der Waals surface area contributed by atoms with Crippen molar-refractivity contribution in [1.82, 2.24) is 5.32 Å². The Morgan fingerprint density at radius 1 is 0.933 bits per heavy atom. The molecule has 0 spiro atoms. The van der Waals surface area contributed by atoms with Gasteiger partial charge in [0.05, 0.1) is 12.2 Å². The zero-order valence-corrected chi connectivity index (χ0v) is 17.6. The van der Waals surface area contributed by atoms with Crippen LogP contribution in [0.2, 0.25) is 0 Å². The van der Waals surface area contributed by atoms with Gasteiger partial charge in [-0.2, -0.15) is 0 Å². The second-order valence-corrected chi connectivity index (χ2v) is 6.96. The van der Waals surface area contributed by atoms with Crippen LogP contribution in [0, 0.1) is 0 Å². The lowest BCUT2D eigenvalue weighted by atomic mass is 10.2. The molecule has 0 aliphatic heterocycles. The molecule has 0 heterocycles. The number of carbonyl (C=O) groups excluding carboxylic acids is 1. The van der Waals surface area contributed by atoms with Gasteiger partial charge < -0.3 is 14.8 Å². The monoisotopic (exact) mass is 420 g/mol. The quantitative estimate of drug-likeness (QED) is 0.492. The topological polar surface area (TPSA) is 59.6 Å². The summed E-state index contributed by atoms with van der Waals surface area (Å²) in [6.45, 7) is 3.03. The molecular formula is C24H24N2O3S. The first-order chi connectivity index (χ1) is 14.7. The fourth-order valence-corrected chi connectivity index (χ4v) is 2.94. The number of carbonyl (C=O) groups is 1. The Morgan fingerprint density at radius 3 is 2.50 bits per heavy atom. The third-order valence-electron chi connectivity index (χ3n) is 4.16. The maximum Gasteiger partial charge on any atom is 0.261 e. The first-order valence-corrected chi connectivity index (χ1v) is 10.2. The predicted octanol–water partition coefficient (Wildman–Crippen LogP) is 5.18. The normalized spacial score (nSPS) is 10.2. The second-order valence-electron chi connectivity index (χ2n) is 6.55. The molecule has 3 aromatic carbocycles. The van der Waals surface area contributed by atoms with E-state index in [1.54, 1.807) is 18.2 Å². The molecule has 0 aliphatic rings. The Kier molecular flexibility index (Phi) is 7.80. The molecule has 0 bridgehead atoms. The predicted molar refractivity (Wildman–Crippen MR) is 123 cm³/mol. The second kappa shape index (κ2) is 11.0. The van der Waals surface area contributed by atoms with Crippen LogP contribution in [-0.2, 0) is 6.61 Å². The van der Waals surface area contributed by atoms with E-state index in [0.29, 0.717) is 30.3 Å². The number of anilines is 1. The first-order valence-electron chi connectivity index (χ1n) is 9.76. The van der Waals surface area contributed by atoms with Crippen molar-refractivity contribution in [1.29, 1.82) is 0 Å². The van der Waals surface area contributed by atoms with E-state index in [0.717, 1.165) is 17.7 Å². The fraction of sp³-hybridized carbons (Fsp3) is 0.167. The number of nitrogens with one attached hydrogen (secondary N) is 2. The third kappa shape index (κ3) is 6.32.